The summed E-state index contributed by atoms with van der Waals surface area (Å²) in [6, 6.07) is 7.11. The quantitative estimate of drug-likeness (QED) is 0.877. The fourth-order valence-electron chi connectivity index (χ4n) is 2.50. The molecule has 2 aromatic rings. The zero-order chi connectivity index (χ0) is 13.1. The molecule has 1 aliphatic heterocycles. The average Bonchev–Trinajstić information content (AvgIpc) is 3.10. The van der Waals surface area contributed by atoms with Gasteiger partial charge in [0.05, 0.1) is 6.04 Å². The lowest BCUT2D eigenvalue weighted by molar-refractivity contribution is 0.517. The highest BCUT2D eigenvalue weighted by Gasteiger charge is 2.13. The lowest BCUT2D eigenvalue weighted by Gasteiger charge is -2.15. The van der Waals surface area contributed by atoms with E-state index in [1.807, 2.05) is 11.6 Å². The Morgan fingerprint density at radius 3 is 3.21 bits per heavy atom. The van der Waals surface area contributed by atoms with E-state index in [4.69, 9.17) is 0 Å². The van der Waals surface area contributed by atoms with Crippen molar-refractivity contribution in [2.45, 2.75) is 32.4 Å². The van der Waals surface area contributed by atoms with Crippen molar-refractivity contribution in [1.29, 1.82) is 0 Å². The molecule has 2 heterocycles. The molecule has 0 spiro atoms. The molecule has 3 rings (SSSR count). The van der Waals surface area contributed by atoms with Crippen molar-refractivity contribution in [3.05, 3.63) is 45.9 Å². The maximum Gasteiger partial charge on any atom is 0.109 e. The predicted molar refractivity (Wildman–Crippen MR) is 80.6 cm³/mol. The van der Waals surface area contributed by atoms with Gasteiger partial charge in [-0.2, -0.15) is 0 Å². The van der Waals surface area contributed by atoms with Crippen LogP contribution in [-0.4, -0.2) is 11.5 Å². The summed E-state index contributed by atoms with van der Waals surface area (Å²) in [4.78, 5) is 4.40. The first-order valence-electron chi connectivity index (χ1n) is 6.85. The van der Waals surface area contributed by atoms with Gasteiger partial charge in [-0.1, -0.05) is 19.1 Å². The van der Waals surface area contributed by atoms with E-state index in [0.29, 0.717) is 6.04 Å². The van der Waals surface area contributed by atoms with Gasteiger partial charge in [0, 0.05) is 30.4 Å². The maximum absolute atomic E-state index is 4.40. The van der Waals surface area contributed by atoms with Gasteiger partial charge in [-0.05, 0) is 30.0 Å². The van der Waals surface area contributed by atoms with Crippen molar-refractivity contribution >= 4 is 17.0 Å². The van der Waals surface area contributed by atoms with Gasteiger partial charge in [0.2, 0.25) is 0 Å². The highest BCUT2D eigenvalue weighted by molar-refractivity contribution is 7.09. The highest BCUT2D eigenvalue weighted by atomic mass is 32.1. The molecule has 0 radical (unpaired) electrons. The van der Waals surface area contributed by atoms with Gasteiger partial charge in [0.1, 0.15) is 5.01 Å². The predicted octanol–water partition coefficient (Wildman–Crippen LogP) is 3.35. The number of hydrogen-bond acceptors (Lipinski definition) is 4. The number of anilines is 1. The molecule has 1 atom stereocenters. The number of nitrogens with zero attached hydrogens (tertiary/aromatic N) is 1. The minimum absolute atomic E-state index is 0.362. The van der Waals surface area contributed by atoms with Gasteiger partial charge in [0.25, 0.3) is 0 Å². The van der Waals surface area contributed by atoms with Gasteiger partial charge in [0.15, 0.2) is 0 Å². The smallest absolute Gasteiger partial charge is 0.109 e. The number of benzene rings is 1. The monoisotopic (exact) mass is 273 g/mol. The number of fused-ring (bicyclic) bond motifs is 1. The Kier molecular flexibility index (Phi) is 3.80. The molecule has 1 aromatic carbocycles. The Hall–Kier alpha value is -1.39. The van der Waals surface area contributed by atoms with Crippen LogP contribution in [0.4, 0.5) is 5.69 Å². The summed E-state index contributed by atoms with van der Waals surface area (Å²) in [6.45, 7) is 4.17. The highest BCUT2D eigenvalue weighted by Crippen LogP contribution is 2.24. The second-order valence-corrected chi connectivity index (χ2v) is 5.81. The maximum atomic E-state index is 4.40. The van der Waals surface area contributed by atoms with Gasteiger partial charge >= 0.3 is 0 Å². The van der Waals surface area contributed by atoms with Gasteiger partial charge in [-0.15, -0.1) is 11.3 Å². The van der Waals surface area contributed by atoms with Crippen LogP contribution >= 0.6 is 11.3 Å². The molecule has 0 saturated heterocycles. The zero-order valence-electron chi connectivity index (χ0n) is 11.1. The van der Waals surface area contributed by atoms with Crippen molar-refractivity contribution < 1.29 is 0 Å². The molecule has 2 N–H and O–H groups in total. The van der Waals surface area contributed by atoms with Crippen LogP contribution in [0.25, 0.3) is 0 Å². The van der Waals surface area contributed by atoms with Crippen LogP contribution < -0.4 is 10.6 Å². The molecule has 1 aromatic heterocycles. The standard InChI is InChI=1S/C15H19N3S/c1-2-13(15-17-7-8-19-15)18-10-11-3-4-12-5-6-16-14(12)9-11/h3-4,7-9,13,16,18H,2,5-6,10H2,1H3. The van der Waals surface area contributed by atoms with Gasteiger partial charge in [-0.25, -0.2) is 4.98 Å². The third-order valence-electron chi connectivity index (χ3n) is 3.59. The van der Waals surface area contributed by atoms with Crippen LogP contribution in [0, 0.1) is 0 Å². The molecule has 0 bridgehead atoms. The van der Waals surface area contributed by atoms with Crippen molar-refractivity contribution in [3.8, 4) is 0 Å². The number of hydrogen-bond donors (Lipinski definition) is 2. The van der Waals surface area contributed by atoms with Crippen molar-refractivity contribution in [1.82, 2.24) is 10.3 Å². The van der Waals surface area contributed by atoms with Crippen LogP contribution in [0.2, 0.25) is 0 Å². The average molecular weight is 273 g/mol. The summed E-state index contributed by atoms with van der Waals surface area (Å²) in [5.41, 5.74) is 4.08. The Labute approximate surface area is 118 Å². The van der Waals surface area contributed by atoms with Crippen LogP contribution in [0.1, 0.15) is 35.5 Å². The summed E-state index contributed by atoms with van der Waals surface area (Å²) in [5.74, 6) is 0. The SMILES string of the molecule is CCC(NCc1ccc2c(c1)NCC2)c1nccs1. The molecule has 3 nitrogen and oxygen atoms in total. The Balaban J connectivity index is 1.65. The summed E-state index contributed by atoms with van der Waals surface area (Å²) in [5, 5.41) is 10.3. The molecule has 1 aliphatic rings. The molecular weight excluding hydrogens is 254 g/mol. The largest absolute Gasteiger partial charge is 0.384 e. The number of thiazole rings is 1. The minimum Gasteiger partial charge on any atom is -0.384 e. The third-order valence-corrected chi connectivity index (χ3v) is 4.48. The Bertz CT molecular complexity index is 536. The molecular formula is C15H19N3S. The van der Waals surface area contributed by atoms with Crippen LogP contribution in [0.5, 0.6) is 0 Å². The molecule has 0 fully saturated rings. The summed E-state index contributed by atoms with van der Waals surface area (Å²) in [6.07, 6.45) is 4.10. The molecule has 0 saturated carbocycles. The lowest BCUT2D eigenvalue weighted by Crippen LogP contribution is -2.20. The van der Waals surface area contributed by atoms with Gasteiger partial charge < -0.3 is 10.6 Å². The lowest BCUT2D eigenvalue weighted by atomic mass is 10.1. The van der Waals surface area contributed by atoms with Crippen LogP contribution in [0.3, 0.4) is 0 Å². The first-order valence-corrected chi connectivity index (χ1v) is 7.73. The Morgan fingerprint density at radius 2 is 2.42 bits per heavy atom. The summed E-state index contributed by atoms with van der Waals surface area (Å²) in [7, 11) is 0. The van der Waals surface area contributed by atoms with Crippen molar-refractivity contribution in [2.75, 3.05) is 11.9 Å². The Morgan fingerprint density at radius 1 is 1.47 bits per heavy atom. The van der Waals surface area contributed by atoms with E-state index in [0.717, 1.165) is 25.9 Å². The molecule has 1 unspecified atom stereocenters. The number of rotatable bonds is 5. The fraction of sp³-hybridized carbons (Fsp3) is 0.400. The number of nitrogens with one attached hydrogen (secondary N) is 2. The second-order valence-electron chi connectivity index (χ2n) is 4.88. The van der Waals surface area contributed by atoms with E-state index in [9.17, 15) is 0 Å². The molecule has 19 heavy (non-hydrogen) atoms. The molecule has 0 amide bonds. The topological polar surface area (TPSA) is 37.0 Å². The second kappa shape index (κ2) is 5.72. The number of aromatic nitrogens is 1. The van der Waals surface area contributed by atoms with Gasteiger partial charge in [-0.3, -0.25) is 0 Å². The summed E-state index contributed by atoms with van der Waals surface area (Å²) >= 11 is 1.72. The van der Waals surface area contributed by atoms with E-state index < -0.39 is 0 Å². The van der Waals surface area contributed by atoms with Crippen LogP contribution in [-0.2, 0) is 13.0 Å². The van der Waals surface area contributed by atoms with Crippen molar-refractivity contribution in [3.63, 3.8) is 0 Å². The van der Waals surface area contributed by atoms with E-state index in [-0.39, 0.29) is 0 Å². The minimum atomic E-state index is 0.362. The third kappa shape index (κ3) is 2.80. The normalized spacial score (nSPS) is 15.0. The molecule has 4 heteroatoms. The van der Waals surface area contributed by atoms with Crippen LogP contribution in [0.15, 0.2) is 29.8 Å². The van der Waals surface area contributed by atoms with E-state index >= 15 is 0 Å². The van der Waals surface area contributed by atoms with E-state index in [2.05, 4.69) is 40.7 Å². The fourth-order valence-corrected chi connectivity index (χ4v) is 3.30. The first-order chi connectivity index (χ1) is 9.36. The van der Waals surface area contributed by atoms with Crippen molar-refractivity contribution in [2.24, 2.45) is 0 Å². The first kappa shape index (κ1) is 12.6. The molecule has 0 aliphatic carbocycles. The van der Waals surface area contributed by atoms with E-state index in [1.54, 1.807) is 11.3 Å². The summed E-state index contributed by atoms with van der Waals surface area (Å²) < 4.78 is 0. The zero-order valence-corrected chi connectivity index (χ0v) is 12.0. The van der Waals surface area contributed by atoms with E-state index in [1.165, 1.54) is 21.8 Å². The molecule has 100 valence electrons.